The lowest BCUT2D eigenvalue weighted by molar-refractivity contribution is 0.0682. The van der Waals surface area contributed by atoms with E-state index in [0.29, 0.717) is 40.5 Å². The number of carbonyl (C=O) groups is 2. The standard InChI is InChI=1S/C29H28O7/c1-3-5-7-16-11-21-25(14-23(16)30)36-26-15-24(31)17(8-6-4-2)12-22(26)27(21)20-13-18(28(32)33)9-10-19(20)29(34)35/h9-15,30H,3-8H2,1-2H3,(H,32,33)(H,34,35). The zero-order valence-electron chi connectivity index (χ0n) is 20.3. The minimum atomic E-state index is -1.21. The molecule has 7 heteroatoms. The topological polar surface area (TPSA) is 125 Å². The summed E-state index contributed by atoms with van der Waals surface area (Å²) in [6, 6.07) is 10.2. The average Bonchev–Trinajstić information content (AvgIpc) is 2.84. The fraction of sp³-hybridized carbons (Fsp3) is 0.276. The molecule has 1 aliphatic carbocycles. The highest BCUT2D eigenvalue weighted by Crippen LogP contribution is 2.43. The molecule has 2 aliphatic rings. The van der Waals surface area contributed by atoms with Gasteiger partial charge in [-0.3, -0.25) is 4.79 Å². The van der Waals surface area contributed by atoms with Crippen molar-refractivity contribution in [2.24, 2.45) is 0 Å². The van der Waals surface area contributed by atoms with Crippen molar-refractivity contribution in [3.05, 3.63) is 74.9 Å². The van der Waals surface area contributed by atoms with E-state index < -0.39 is 11.9 Å². The van der Waals surface area contributed by atoms with Crippen molar-refractivity contribution in [3.8, 4) is 28.2 Å². The Bertz CT molecular complexity index is 1500. The van der Waals surface area contributed by atoms with Crippen LogP contribution in [0.4, 0.5) is 0 Å². The summed E-state index contributed by atoms with van der Waals surface area (Å²) in [7, 11) is 0. The van der Waals surface area contributed by atoms with Crippen molar-refractivity contribution in [3.63, 3.8) is 0 Å². The fourth-order valence-electron chi connectivity index (χ4n) is 4.53. The van der Waals surface area contributed by atoms with Gasteiger partial charge < -0.3 is 19.7 Å². The Kier molecular flexibility index (Phi) is 7.10. The molecule has 7 nitrogen and oxygen atoms in total. The lowest BCUT2D eigenvalue weighted by Crippen LogP contribution is -2.10. The number of aromatic hydroxyl groups is 1. The summed E-state index contributed by atoms with van der Waals surface area (Å²) in [5.41, 5.74) is 2.40. The highest BCUT2D eigenvalue weighted by atomic mass is 16.4. The van der Waals surface area contributed by atoms with Gasteiger partial charge >= 0.3 is 11.9 Å². The first-order valence-electron chi connectivity index (χ1n) is 12.1. The Morgan fingerprint density at radius 3 is 2.17 bits per heavy atom. The predicted octanol–water partition coefficient (Wildman–Crippen LogP) is 6.35. The number of carboxylic acid groups (broad SMARTS) is 2. The van der Waals surface area contributed by atoms with Crippen LogP contribution < -0.4 is 5.43 Å². The van der Waals surface area contributed by atoms with Gasteiger partial charge in [0.15, 0.2) is 5.43 Å². The number of rotatable bonds is 9. The van der Waals surface area contributed by atoms with E-state index in [4.69, 9.17) is 4.42 Å². The second-order valence-corrected chi connectivity index (χ2v) is 8.99. The first-order chi connectivity index (χ1) is 17.2. The number of carboxylic acids is 2. The minimum absolute atomic E-state index is 0.0460. The zero-order valence-corrected chi connectivity index (χ0v) is 20.3. The number of hydrogen-bond donors (Lipinski definition) is 3. The van der Waals surface area contributed by atoms with Crippen LogP contribution in [-0.4, -0.2) is 27.3 Å². The molecular weight excluding hydrogens is 460 g/mol. The Hall–Kier alpha value is -4.13. The number of hydrogen-bond acceptors (Lipinski definition) is 5. The smallest absolute Gasteiger partial charge is 0.336 e. The van der Waals surface area contributed by atoms with Crippen molar-refractivity contribution in [1.82, 2.24) is 0 Å². The minimum Gasteiger partial charge on any atom is -0.508 e. The second-order valence-electron chi connectivity index (χ2n) is 8.99. The van der Waals surface area contributed by atoms with E-state index in [1.807, 2.05) is 13.8 Å². The van der Waals surface area contributed by atoms with Crippen LogP contribution in [0.2, 0.25) is 0 Å². The van der Waals surface area contributed by atoms with Gasteiger partial charge in [0, 0.05) is 34.2 Å². The van der Waals surface area contributed by atoms with E-state index >= 15 is 0 Å². The molecule has 3 N–H and O–H groups in total. The molecule has 0 atom stereocenters. The Morgan fingerprint density at radius 2 is 1.53 bits per heavy atom. The predicted molar refractivity (Wildman–Crippen MR) is 137 cm³/mol. The molecule has 0 amide bonds. The number of phenols is 1. The SMILES string of the molecule is CCCCc1cc2c(-c3cc(C(=O)O)ccc3C(=O)O)c3cc(CCCC)c(=O)cc-3oc2cc1O. The molecule has 0 radical (unpaired) electrons. The Balaban J connectivity index is 2.17. The quantitative estimate of drug-likeness (QED) is 0.234. The van der Waals surface area contributed by atoms with Gasteiger partial charge in [-0.15, -0.1) is 0 Å². The third kappa shape index (κ3) is 4.69. The molecule has 0 bridgehead atoms. The third-order valence-corrected chi connectivity index (χ3v) is 6.47. The van der Waals surface area contributed by atoms with E-state index in [1.54, 1.807) is 12.1 Å². The summed E-state index contributed by atoms with van der Waals surface area (Å²) in [6.45, 7) is 4.07. The van der Waals surface area contributed by atoms with Crippen molar-refractivity contribution >= 4 is 22.9 Å². The summed E-state index contributed by atoms with van der Waals surface area (Å²) >= 11 is 0. The highest BCUT2D eigenvalue weighted by Gasteiger charge is 2.25. The maximum absolute atomic E-state index is 12.8. The lowest BCUT2D eigenvalue weighted by atomic mass is 9.87. The molecule has 2 aromatic carbocycles. The highest BCUT2D eigenvalue weighted by molar-refractivity contribution is 6.09. The van der Waals surface area contributed by atoms with Crippen LogP contribution >= 0.6 is 0 Å². The van der Waals surface area contributed by atoms with Gasteiger partial charge in [0.2, 0.25) is 0 Å². The first kappa shape index (κ1) is 25.0. The third-order valence-electron chi connectivity index (χ3n) is 6.47. The van der Waals surface area contributed by atoms with E-state index in [0.717, 1.165) is 25.7 Å². The van der Waals surface area contributed by atoms with Gasteiger partial charge in [0.05, 0.1) is 11.1 Å². The molecule has 0 saturated heterocycles. The van der Waals surface area contributed by atoms with Crippen LogP contribution in [0.15, 0.2) is 51.7 Å². The van der Waals surface area contributed by atoms with Gasteiger partial charge in [0.1, 0.15) is 17.1 Å². The van der Waals surface area contributed by atoms with Crippen LogP contribution in [0.5, 0.6) is 5.75 Å². The monoisotopic (exact) mass is 488 g/mol. The van der Waals surface area contributed by atoms with Gasteiger partial charge in [-0.05, 0) is 67.1 Å². The number of aryl methyl sites for hydroxylation is 2. The van der Waals surface area contributed by atoms with E-state index in [9.17, 15) is 29.7 Å². The summed E-state index contributed by atoms with van der Waals surface area (Å²) in [4.78, 5) is 36.8. The number of phenolic OH excluding ortho intramolecular Hbond substituents is 1. The summed E-state index contributed by atoms with van der Waals surface area (Å²) < 4.78 is 6.04. The molecule has 36 heavy (non-hydrogen) atoms. The van der Waals surface area contributed by atoms with Crippen LogP contribution in [-0.2, 0) is 12.8 Å². The molecule has 0 fully saturated rings. The van der Waals surface area contributed by atoms with Crippen LogP contribution in [0, 0.1) is 0 Å². The number of fused-ring (bicyclic) bond motifs is 2. The maximum atomic E-state index is 12.8. The zero-order chi connectivity index (χ0) is 26.0. The Morgan fingerprint density at radius 1 is 0.833 bits per heavy atom. The van der Waals surface area contributed by atoms with E-state index in [1.165, 1.54) is 30.3 Å². The Labute approximate surface area is 208 Å². The maximum Gasteiger partial charge on any atom is 0.336 e. The van der Waals surface area contributed by atoms with Gasteiger partial charge in [-0.2, -0.15) is 0 Å². The molecule has 0 aromatic heterocycles. The number of benzene rings is 3. The molecule has 1 heterocycles. The van der Waals surface area contributed by atoms with Gasteiger partial charge in [-0.25, -0.2) is 9.59 Å². The molecule has 4 rings (SSSR count). The normalized spacial score (nSPS) is 11.3. The van der Waals surface area contributed by atoms with Crippen LogP contribution in [0.1, 0.15) is 71.4 Å². The number of aromatic carboxylic acids is 2. The molecule has 186 valence electrons. The van der Waals surface area contributed by atoms with Gasteiger partial charge in [-0.1, -0.05) is 26.7 Å². The van der Waals surface area contributed by atoms with E-state index in [-0.39, 0.29) is 39.2 Å². The van der Waals surface area contributed by atoms with Crippen LogP contribution in [0.25, 0.3) is 33.4 Å². The summed E-state index contributed by atoms with van der Waals surface area (Å²) in [6.07, 6.45) is 4.64. The van der Waals surface area contributed by atoms with Crippen molar-refractivity contribution in [2.45, 2.75) is 52.4 Å². The van der Waals surface area contributed by atoms with Crippen molar-refractivity contribution in [1.29, 1.82) is 0 Å². The fourth-order valence-corrected chi connectivity index (χ4v) is 4.53. The molecule has 1 aliphatic heterocycles. The lowest BCUT2D eigenvalue weighted by Gasteiger charge is -2.19. The first-order valence-corrected chi connectivity index (χ1v) is 12.1. The molecule has 2 aromatic rings. The van der Waals surface area contributed by atoms with E-state index in [2.05, 4.69) is 0 Å². The molecule has 0 spiro atoms. The van der Waals surface area contributed by atoms with Crippen LogP contribution in [0.3, 0.4) is 0 Å². The van der Waals surface area contributed by atoms with Crippen molar-refractivity contribution < 1.29 is 29.3 Å². The molecule has 0 unspecified atom stereocenters. The van der Waals surface area contributed by atoms with Crippen molar-refractivity contribution in [2.75, 3.05) is 0 Å². The molecular formula is C29H28O7. The molecule has 0 saturated carbocycles. The summed E-state index contributed by atoms with van der Waals surface area (Å²) in [5.74, 6) is -2.11. The summed E-state index contributed by atoms with van der Waals surface area (Å²) in [5, 5.41) is 30.8. The largest absolute Gasteiger partial charge is 0.508 e. The average molecular weight is 489 g/mol. The second kappa shape index (κ2) is 10.2. The van der Waals surface area contributed by atoms with Gasteiger partial charge in [0.25, 0.3) is 0 Å². The number of unbranched alkanes of at least 4 members (excludes halogenated alkanes) is 2.